The van der Waals surface area contributed by atoms with Crippen LogP contribution in [0, 0.1) is 5.92 Å². The molecule has 3 fully saturated rings. The summed E-state index contributed by atoms with van der Waals surface area (Å²) in [4.78, 5) is 12.2. The normalized spacial score (nSPS) is 40.6. The van der Waals surface area contributed by atoms with Crippen molar-refractivity contribution in [3.8, 4) is 0 Å². The Morgan fingerprint density at radius 1 is 0.783 bits per heavy atom. The van der Waals surface area contributed by atoms with Gasteiger partial charge in [0, 0.05) is 31.9 Å². The number of nitrogens with one attached hydrogen (secondary N) is 1. The Bertz CT molecular complexity index is 1210. The van der Waals surface area contributed by atoms with Crippen molar-refractivity contribution >= 4 is 39.4 Å². The zero-order valence-corrected chi connectivity index (χ0v) is 26.8. The van der Waals surface area contributed by atoms with Crippen LogP contribution in [0.1, 0.15) is 6.92 Å². The van der Waals surface area contributed by atoms with E-state index in [0.29, 0.717) is 12.3 Å². The molecule has 21 nitrogen and oxygen atoms in total. The van der Waals surface area contributed by atoms with E-state index in [2.05, 4.69) is 26.3 Å². The van der Waals surface area contributed by atoms with Gasteiger partial charge in [0.05, 0.1) is 25.4 Å². The topological polar surface area (TPSA) is 313 Å². The number of aliphatic carboxylic acids is 1. The van der Waals surface area contributed by atoms with Gasteiger partial charge in [-0.3, -0.25) is 9.11 Å². The molecule has 3 rings (SSSR count). The summed E-state index contributed by atoms with van der Waals surface area (Å²) in [5.74, 6) is -2.31. The number of carboxylic acid groups (broad SMARTS) is 1. The average Bonchev–Trinajstić information content (AvgIpc) is 3.25. The van der Waals surface area contributed by atoms with Gasteiger partial charge in [0.2, 0.25) is 0 Å². The van der Waals surface area contributed by atoms with Crippen LogP contribution in [-0.4, -0.2) is 176 Å². The fourth-order valence-corrected chi connectivity index (χ4v) is 5.93. The van der Waals surface area contributed by atoms with E-state index in [-0.39, 0.29) is 6.54 Å². The fourth-order valence-electron chi connectivity index (χ4n) is 5.16. The molecule has 5 unspecified atom stereocenters. The van der Waals surface area contributed by atoms with Crippen molar-refractivity contribution in [1.82, 2.24) is 5.32 Å². The van der Waals surface area contributed by atoms with Crippen LogP contribution in [0.4, 0.5) is 0 Å². The molecule has 0 spiro atoms. The maximum atomic E-state index is 12.2. The van der Waals surface area contributed by atoms with Crippen molar-refractivity contribution in [2.75, 3.05) is 39.2 Å². The first-order chi connectivity index (χ1) is 21.4. The standard InChI is InChI=1S/C22H39NO20S3/c1-8-12(24)16(36-2)10(6-37-45(30,31)32)40-21(8)42-18-14(26)15(27)22(43-19(18)20(28)29)41-17-11(7-38-46(33,34)35)39-9(13(17)25)5-23-3-4-44/h8-19,21-27,44H,3-7H2,1-2H3,(H,28,29)(H,30,31,32)(H,33,34,35)/t8?,9-,10?,11+,12+,13?,14+,15?,16+,17-,18-,19?,21-,22+/m0/s1. The highest BCUT2D eigenvalue weighted by molar-refractivity contribution is 7.81. The van der Waals surface area contributed by atoms with E-state index in [1.807, 2.05) is 0 Å². The predicted molar refractivity (Wildman–Crippen MR) is 149 cm³/mol. The lowest BCUT2D eigenvalue weighted by Gasteiger charge is -2.46. The second-order valence-corrected chi connectivity index (χ2v) is 13.2. The van der Waals surface area contributed by atoms with Crippen LogP contribution in [0.5, 0.6) is 0 Å². The molecule has 14 atom stereocenters. The molecule has 0 amide bonds. The minimum absolute atomic E-state index is 0.0138. The summed E-state index contributed by atoms with van der Waals surface area (Å²) in [7, 11) is -8.72. The molecule has 0 aromatic carbocycles. The van der Waals surface area contributed by atoms with E-state index in [1.54, 1.807) is 0 Å². The van der Waals surface area contributed by atoms with E-state index in [4.69, 9.17) is 37.5 Å². The largest absolute Gasteiger partial charge is 0.479 e. The molecule has 0 saturated carbocycles. The molecule has 3 aliphatic heterocycles. The second-order valence-electron chi connectivity index (χ2n) is 10.6. The Labute approximate surface area is 269 Å². The first-order valence-electron chi connectivity index (χ1n) is 13.7. The third kappa shape index (κ3) is 10.3. The number of ether oxygens (including phenoxy) is 6. The molecule has 0 aromatic heterocycles. The van der Waals surface area contributed by atoms with Gasteiger partial charge in [-0.1, -0.05) is 6.92 Å². The van der Waals surface area contributed by atoms with E-state index in [0.717, 1.165) is 0 Å². The van der Waals surface area contributed by atoms with Crippen molar-refractivity contribution in [3.05, 3.63) is 0 Å². The summed E-state index contributed by atoms with van der Waals surface area (Å²) in [6.07, 6.45) is -21.3. The monoisotopic (exact) mass is 733 g/mol. The molecule has 3 saturated heterocycles. The highest BCUT2D eigenvalue weighted by Crippen LogP contribution is 2.35. The molecular weight excluding hydrogens is 694 g/mol. The van der Waals surface area contributed by atoms with E-state index >= 15 is 0 Å². The molecule has 46 heavy (non-hydrogen) atoms. The maximum absolute atomic E-state index is 12.2. The molecular formula is C22H39NO20S3. The maximum Gasteiger partial charge on any atom is 0.397 e. The Hall–Kier alpha value is -0.880. The zero-order valence-electron chi connectivity index (χ0n) is 24.3. The van der Waals surface area contributed by atoms with Crippen LogP contribution in [0.3, 0.4) is 0 Å². The van der Waals surface area contributed by atoms with Crippen molar-refractivity contribution in [2.45, 2.75) is 86.6 Å². The number of thiol groups is 1. The first-order valence-corrected chi connectivity index (χ1v) is 17.0. The SMILES string of the molecule is CO[C@@H]1C(COS(=O)(=O)O)O[C@@H](O[C@@H]2C(C(=O)O)O[C@@H](O[C@@H]3C(O)[C@H](CNCCS)O[C@@H]3COS(=O)(=O)O)C(O)[C@H]2O)C(C)[C@H]1O. The van der Waals surface area contributed by atoms with Gasteiger partial charge in [0.15, 0.2) is 18.7 Å². The number of aliphatic hydroxyl groups excluding tert-OH is 4. The van der Waals surface area contributed by atoms with Gasteiger partial charge in [-0.2, -0.15) is 29.5 Å². The fraction of sp³-hybridized carbons (Fsp3) is 0.955. The Balaban J connectivity index is 1.78. The van der Waals surface area contributed by atoms with Crippen LogP contribution in [-0.2, 0) is 62.4 Å². The summed E-state index contributed by atoms with van der Waals surface area (Å²) in [6.45, 7) is 0.0813. The Kier molecular flexibility index (Phi) is 14.3. The van der Waals surface area contributed by atoms with Crippen molar-refractivity contribution in [1.29, 1.82) is 0 Å². The molecule has 0 aromatic rings. The van der Waals surface area contributed by atoms with Gasteiger partial charge in [0.25, 0.3) is 0 Å². The predicted octanol–water partition coefficient (Wildman–Crippen LogP) is -4.69. The number of aliphatic hydroxyl groups is 4. The highest BCUT2D eigenvalue weighted by Gasteiger charge is 2.55. The summed E-state index contributed by atoms with van der Waals surface area (Å²) in [6, 6.07) is 0. The smallest absolute Gasteiger partial charge is 0.397 e. The lowest BCUT2D eigenvalue weighted by molar-refractivity contribution is -0.353. The molecule has 0 aliphatic carbocycles. The van der Waals surface area contributed by atoms with E-state index < -0.39 is 126 Å². The first kappa shape index (κ1) is 39.6. The van der Waals surface area contributed by atoms with Crippen LogP contribution >= 0.6 is 12.6 Å². The lowest BCUT2D eigenvalue weighted by Crippen LogP contribution is -2.65. The minimum atomic E-state index is -4.96. The van der Waals surface area contributed by atoms with E-state index in [9.17, 15) is 47.2 Å². The average molecular weight is 734 g/mol. The third-order valence-corrected chi connectivity index (χ3v) is 8.54. The molecule has 3 heterocycles. The van der Waals surface area contributed by atoms with Crippen molar-refractivity contribution in [3.63, 3.8) is 0 Å². The molecule has 3 aliphatic rings. The van der Waals surface area contributed by atoms with E-state index in [1.165, 1.54) is 14.0 Å². The Morgan fingerprint density at radius 3 is 1.87 bits per heavy atom. The number of methoxy groups -OCH3 is 1. The second kappa shape index (κ2) is 16.7. The lowest BCUT2D eigenvalue weighted by atomic mass is 9.91. The molecule has 24 heteroatoms. The van der Waals surface area contributed by atoms with Crippen molar-refractivity contribution in [2.24, 2.45) is 5.92 Å². The zero-order chi connectivity index (χ0) is 34.6. The van der Waals surface area contributed by atoms with Gasteiger partial charge in [0.1, 0.15) is 48.8 Å². The van der Waals surface area contributed by atoms with Crippen LogP contribution in [0.2, 0.25) is 0 Å². The molecule has 0 bridgehead atoms. The number of carboxylic acids is 1. The van der Waals surface area contributed by atoms with Crippen LogP contribution < -0.4 is 5.32 Å². The summed E-state index contributed by atoms with van der Waals surface area (Å²) >= 11 is 4.05. The number of rotatable bonds is 16. The molecule has 270 valence electrons. The summed E-state index contributed by atoms with van der Waals surface area (Å²) < 4.78 is 104. The molecule has 8 N–H and O–H groups in total. The van der Waals surface area contributed by atoms with Crippen LogP contribution in [0.15, 0.2) is 0 Å². The van der Waals surface area contributed by atoms with Gasteiger partial charge in [-0.15, -0.1) is 0 Å². The summed E-state index contributed by atoms with van der Waals surface area (Å²) in [5, 5.41) is 56.3. The van der Waals surface area contributed by atoms with Gasteiger partial charge < -0.3 is 59.3 Å². The summed E-state index contributed by atoms with van der Waals surface area (Å²) in [5.41, 5.74) is 0. The van der Waals surface area contributed by atoms with Crippen LogP contribution in [0.25, 0.3) is 0 Å². The van der Waals surface area contributed by atoms with Gasteiger partial charge in [-0.25, -0.2) is 13.2 Å². The number of hydrogen-bond donors (Lipinski definition) is 9. The van der Waals surface area contributed by atoms with Crippen molar-refractivity contribution < 1.29 is 93.1 Å². The molecule has 0 radical (unpaired) electrons. The number of carbonyl (C=O) groups is 1. The number of hydrogen-bond acceptors (Lipinski definition) is 19. The highest BCUT2D eigenvalue weighted by atomic mass is 32.3. The van der Waals surface area contributed by atoms with Gasteiger partial charge >= 0.3 is 26.8 Å². The Morgan fingerprint density at radius 2 is 1.35 bits per heavy atom. The quantitative estimate of drug-likeness (QED) is 0.0409. The van der Waals surface area contributed by atoms with Gasteiger partial charge in [-0.05, 0) is 0 Å². The minimum Gasteiger partial charge on any atom is -0.479 e. The third-order valence-electron chi connectivity index (χ3n) is 7.45.